The van der Waals surface area contributed by atoms with Crippen LogP contribution in [-0.2, 0) is 16.1 Å². The van der Waals surface area contributed by atoms with E-state index in [1.165, 1.54) is 0 Å². The summed E-state index contributed by atoms with van der Waals surface area (Å²) in [5.41, 5.74) is 3.28. The van der Waals surface area contributed by atoms with Crippen molar-refractivity contribution in [2.45, 2.75) is 32.9 Å². The molecule has 1 amide bonds. The van der Waals surface area contributed by atoms with Crippen LogP contribution in [-0.4, -0.2) is 37.8 Å². The Morgan fingerprint density at radius 1 is 1.12 bits per heavy atom. The summed E-state index contributed by atoms with van der Waals surface area (Å²) in [5.74, 6) is -1.38. The topological polar surface area (TPSA) is 75.4 Å². The molecular formula is C25H24BrN3O3. The zero-order chi connectivity index (χ0) is 22.8. The van der Waals surface area contributed by atoms with E-state index in [2.05, 4.69) is 20.9 Å². The summed E-state index contributed by atoms with van der Waals surface area (Å²) < 4.78 is 2.77. The Bertz CT molecular complexity index is 1200. The fraction of sp³-hybridized carbons (Fsp3) is 0.240. The van der Waals surface area contributed by atoms with Crippen molar-refractivity contribution >= 4 is 33.4 Å². The Hall–Kier alpha value is -3.19. The molecule has 2 heterocycles. The highest BCUT2D eigenvalue weighted by Crippen LogP contribution is 2.40. The number of imidazole rings is 1. The summed E-state index contributed by atoms with van der Waals surface area (Å²) in [6.45, 7) is 4.86. The van der Waals surface area contributed by atoms with E-state index >= 15 is 0 Å². The molecule has 1 aliphatic rings. The zero-order valence-corrected chi connectivity index (χ0v) is 19.5. The first kappa shape index (κ1) is 22.0. The van der Waals surface area contributed by atoms with E-state index in [-0.39, 0.29) is 11.3 Å². The van der Waals surface area contributed by atoms with Gasteiger partial charge in [0.2, 0.25) is 0 Å². The van der Waals surface area contributed by atoms with Crippen LogP contribution in [0.15, 0.2) is 71.2 Å². The van der Waals surface area contributed by atoms with Crippen molar-refractivity contribution in [1.29, 1.82) is 0 Å². The second kappa shape index (κ2) is 9.12. The monoisotopic (exact) mass is 493 g/mol. The Morgan fingerprint density at radius 3 is 2.66 bits per heavy atom. The lowest BCUT2D eigenvalue weighted by molar-refractivity contribution is -0.139. The van der Waals surface area contributed by atoms with E-state index in [9.17, 15) is 14.7 Å². The number of aliphatic hydroxyl groups excluding tert-OH is 1. The Morgan fingerprint density at radius 2 is 1.94 bits per heavy atom. The van der Waals surface area contributed by atoms with Crippen molar-refractivity contribution < 1.29 is 14.7 Å². The lowest BCUT2D eigenvalue weighted by Crippen LogP contribution is -2.31. The standard InChI is InChI=1S/C25H24BrN3O3/c1-16-7-8-17(2)20(13-16)23(30)21-22(18-5-3-6-19(26)14-18)29(25(32)24(21)31)11-4-10-28-12-9-27-15-28/h3,5-9,12-15,22,30H,4,10-11H2,1-2H3. The van der Waals surface area contributed by atoms with Gasteiger partial charge in [0.1, 0.15) is 5.76 Å². The molecule has 164 valence electrons. The molecule has 3 aromatic rings. The minimum Gasteiger partial charge on any atom is -0.507 e. The summed E-state index contributed by atoms with van der Waals surface area (Å²) in [6, 6.07) is 12.6. The van der Waals surface area contributed by atoms with Gasteiger partial charge in [0.15, 0.2) is 0 Å². The van der Waals surface area contributed by atoms with Gasteiger partial charge in [0.25, 0.3) is 11.7 Å². The highest BCUT2D eigenvalue weighted by Gasteiger charge is 2.45. The summed E-state index contributed by atoms with van der Waals surface area (Å²) in [7, 11) is 0. The smallest absolute Gasteiger partial charge is 0.295 e. The number of likely N-dealkylation sites (tertiary alicyclic amines) is 1. The lowest BCUT2D eigenvalue weighted by Gasteiger charge is -2.25. The third-order valence-corrected chi connectivity index (χ3v) is 6.22. The molecule has 1 atom stereocenters. The van der Waals surface area contributed by atoms with Crippen LogP contribution >= 0.6 is 15.9 Å². The van der Waals surface area contributed by atoms with Gasteiger partial charge >= 0.3 is 0 Å². The van der Waals surface area contributed by atoms with Gasteiger partial charge in [-0.05, 0) is 49.6 Å². The molecule has 0 radical (unpaired) electrons. The number of halogens is 1. The number of aromatic nitrogens is 2. The van der Waals surface area contributed by atoms with Crippen molar-refractivity contribution in [3.8, 4) is 0 Å². The quantitative estimate of drug-likeness (QED) is 0.304. The molecular weight excluding hydrogens is 470 g/mol. The number of aliphatic hydroxyl groups is 1. The van der Waals surface area contributed by atoms with E-state index in [0.717, 1.165) is 21.2 Å². The van der Waals surface area contributed by atoms with Crippen LogP contribution < -0.4 is 0 Å². The first-order chi connectivity index (χ1) is 15.4. The minimum atomic E-state index is -0.657. The van der Waals surface area contributed by atoms with Crippen molar-refractivity contribution in [1.82, 2.24) is 14.5 Å². The van der Waals surface area contributed by atoms with Gasteiger partial charge in [-0.25, -0.2) is 4.98 Å². The normalized spacial score (nSPS) is 17.8. The molecule has 1 fully saturated rings. The number of hydrogen-bond acceptors (Lipinski definition) is 4. The third kappa shape index (κ3) is 4.25. The Balaban J connectivity index is 1.78. The highest BCUT2D eigenvalue weighted by molar-refractivity contribution is 9.10. The van der Waals surface area contributed by atoms with Gasteiger partial charge in [0, 0.05) is 35.5 Å². The predicted molar refractivity (Wildman–Crippen MR) is 126 cm³/mol. The van der Waals surface area contributed by atoms with Gasteiger partial charge < -0.3 is 14.6 Å². The molecule has 0 saturated carbocycles. The van der Waals surface area contributed by atoms with E-state index in [1.807, 2.05) is 67.1 Å². The average Bonchev–Trinajstić information content (AvgIpc) is 3.37. The van der Waals surface area contributed by atoms with Crippen molar-refractivity contribution in [2.75, 3.05) is 6.54 Å². The van der Waals surface area contributed by atoms with Crippen LogP contribution in [0.1, 0.15) is 34.7 Å². The van der Waals surface area contributed by atoms with Gasteiger partial charge in [0.05, 0.1) is 17.9 Å². The largest absolute Gasteiger partial charge is 0.507 e. The summed E-state index contributed by atoms with van der Waals surface area (Å²) in [5, 5.41) is 11.3. The van der Waals surface area contributed by atoms with E-state index in [1.54, 1.807) is 17.4 Å². The Kier molecular flexibility index (Phi) is 6.28. The minimum absolute atomic E-state index is 0.129. The van der Waals surface area contributed by atoms with Crippen LogP contribution in [0, 0.1) is 13.8 Å². The van der Waals surface area contributed by atoms with Gasteiger partial charge in [-0.2, -0.15) is 0 Å². The SMILES string of the molecule is Cc1ccc(C)c(C(O)=C2C(=O)C(=O)N(CCCn3ccnc3)C2c2cccc(Br)c2)c1. The molecule has 7 heteroatoms. The maximum Gasteiger partial charge on any atom is 0.295 e. The fourth-order valence-corrected chi connectivity index (χ4v) is 4.53. The van der Waals surface area contributed by atoms with Crippen LogP contribution in [0.4, 0.5) is 0 Å². The average molecular weight is 494 g/mol. The molecule has 32 heavy (non-hydrogen) atoms. The number of Topliss-reactive ketones (excluding diaryl/α,β-unsaturated/α-hetero) is 1. The fourth-order valence-electron chi connectivity index (χ4n) is 4.11. The molecule has 0 spiro atoms. The van der Waals surface area contributed by atoms with Crippen LogP contribution in [0.3, 0.4) is 0 Å². The van der Waals surface area contributed by atoms with Crippen molar-refractivity contribution in [3.63, 3.8) is 0 Å². The van der Waals surface area contributed by atoms with E-state index < -0.39 is 17.7 Å². The maximum absolute atomic E-state index is 13.2. The first-order valence-corrected chi connectivity index (χ1v) is 11.2. The van der Waals surface area contributed by atoms with Crippen LogP contribution in [0.2, 0.25) is 0 Å². The number of nitrogens with zero attached hydrogens (tertiary/aromatic N) is 3. The van der Waals surface area contributed by atoms with E-state index in [4.69, 9.17) is 0 Å². The summed E-state index contributed by atoms with van der Waals surface area (Å²) in [4.78, 5) is 31.8. The summed E-state index contributed by atoms with van der Waals surface area (Å²) in [6.07, 6.45) is 5.94. The molecule has 6 nitrogen and oxygen atoms in total. The van der Waals surface area contributed by atoms with Crippen molar-refractivity contribution in [3.05, 3.63) is 93.5 Å². The number of rotatable bonds is 6. The second-order valence-corrected chi connectivity index (χ2v) is 8.94. The van der Waals surface area contributed by atoms with Crippen LogP contribution in [0.25, 0.3) is 5.76 Å². The first-order valence-electron chi connectivity index (χ1n) is 10.4. The number of benzene rings is 2. The summed E-state index contributed by atoms with van der Waals surface area (Å²) >= 11 is 3.48. The molecule has 1 N–H and O–H groups in total. The number of carbonyl (C=O) groups excluding carboxylic acids is 2. The molecule has 1 unspecified atom stereocenters. The number of aryl methyl sites for hydroxylation is 3. The molecule has 0 aliphatic carbocycles. The molecule has 1 aliphatic heterocycles. The van der Waals surface area contributed by atoms with Gasteiger partial charge in [-0.1, -0.05) is 45.8 Å². The Labute approximate surface area is 195 Å². The number of hydrogen-bond donors (Lipinski definition) is 1. The maximum atomic E-state index is 13.2. The molecule has 4 rings (SSSR count). The number of ketones is 1. The predicted octanol–water partition coefficient (Wildman–Crippen LogP) is 4.77. The molecule has 0 bridgehead atoms. The second-order valence-electron chi connectivity index (χ2n) is 8.02. The third-order valence-electron chi connectivity index (χ3n) is 5.73. The molecule has 2 aromatic carbocycles. The van der Waals surface area contributed by atoms with Crippen LogP contribution in [0.5, 0.6) is 0 Å². The molecule has 1 saturated heterocycles. The highest BCUT2D eigenvalue weighted by atomic mass is 79.9. The zero-order valence-electron chi connectivity index (χ0n) is 18.0. The lowest BCUT2D eigenvalue weighted by atomic mass is 9.93. The molecule has 1 aromatic heterocycles. The number of carbonyl (C=O) groups is 2. The number of amides is 1. The van der Waals surface area contributed by atoms with Gasteiger partial charge in [-0.15, -0.1) is 0 Å². The van der Waals surface area contributed by atoms with Crippen molar-refractivity contribution in [2.24, 2.45) is 0 Å². The van der Waals surface area contributed by atoms with E-state index in [0.29, 0.717) is 25.1 Å². The van der Waals surface area contributed by atoms with Gasteiger partial charge in [-0.3, -0.25) is 9.59 Å².